The van der Waals surface area contributed by atoms with Gasteiger partial charge in [0.05, 0.1) is 22.8 Å². The molecule has 2 heterocycles. The van der Waals surface area contributed by atoms with Gasteiger partial charge in [0.2, 0.25) is 0 Å². The standard InChI is InChI=1S/C21H24FN3.C8H8N2.C2H6/c1-4-16-5-7-17(8-6-16)20-13-21(18-9-11-19(22)12-10-18)25(24-20)15(3)14(2)23;1-6-9-7-4-2-3-5-8(7)10-6;1-2/h5-12,14,21H,3-4,13,23H2,1-2H3;2-5H,1H3,(H,9,10);1-2H3. The Morgan fingerprint density at radius 1 is 1.08 bits per heavy atom. The van der Waals surface area contributed by atoms with Gasteiger partial charge in [0.25, 0.3) is 0 Å². The third-order valence-corrected chi connectivity index (χ3v) is 6.19. The van der Waals surface area contributed by atoms with Crippen LogP contribution in [0.3, 0.4) is 0 Å². The second kappa shape index (κ2) is 13.0. The minimum Gasteiger partial charge on any atom is -0.342 e. The number of rotatable bonds is 5. The Bertz CT molecular complexity index is 1290. The van der Waals surface area contributed by atoms with Crippen molar-refractivity contribution in [3.63, 3.8) is 0 Å². The number of hydrogen-bond acceptors (Lipinski definition) is 4. The Morgan fingerprint density at radius 2 is 1.73 bits per heavy atom. The monoisotopic (exact) mass is 499 g/mol. The van der Waals surface area contributed by atoms with Gasteiger partial charge in [-0.15, -0.1) is 0 Å². The first-order chi connectivity index (χ1) is 17.9. The van der Waals surface area contributed by atoms with E-state index in [0.29, 0.717) is 0 Å². The molecule has 5 nitrogen and oxygen atoms in total. The zero-order valence-corrected chi connectivity index (χ0v) is 22.5. The van der Waals surface area contributed by atoms with Gasteiger partial charge in [-0.1, -0.05) is 75.9 Å². The van der Waals surface area contributed by atoms with Crippen molar-refractivity contribution in [1.29, 1.82) is 0 Å². The number of nitrogens with zero attached hydrogens (tertiary/aromatic N) is 3. The van der Waals surface area contributed by atoms with Crippen LogP contribution in [0.1, 0.15) is 62.7 Å². The fourth-order valence-corrected chi connectivity index (χ4v) is 4.12. The van der Waals surface area contributed by atoms with Gasteiger partial charge < -0.3 is 10.7 Å². The molecule has 37 heavy (non-hydrogen) atoms. The maximum Gasteiger partial charge on any atom is 0.123 e. The predicted molar refractivity (Wildman–Crippen MR) is 153 cm³/mol. The molecule has 1 aliphatic rings. The number of nitrogens with two attached hydrogens (primary N) is 1. The van der Waals surface area contributed by atoms with Gasteiger partial charge in [0.1, 0.15) is 11.6 Å². The smallest absolute Gasteiger partial charge is 0.123 e. The summed E-state index contributed by atoms with van der Waals surface area (Å²) in [6.07, 6.45) is 1.75. The van der Waals surface area contributed by atoms with Crippen LogP contribution in [0.4, 0.5) is 4.39 Å². The van der Waals surface area contributed by atoms with E-state index in [1.165, 1.54) is 17.7 Å². The van der Waals surface area contributed by atoms with Crippen molar-refractivity contribution in [1.82, 2.24) is 15.0 Å². The van der Waals surface area contributed by atoms with E-state index in [2.05, 4.69) is 47.7 Å². The zero-order valence-electron chi connectivity index (χ0n) is 22.5. The van der Waals surface area contributed by atoms with Crippen LogP contribution in [0.15, 0.2) is 90.2 Å². The number of hydrogen-bond donors (Lipinski definition) is 2. The average Bonchev–Trinajstić information content (AvgIpc) is 3.53. The lowest BCUT2D eigenvalue weighted by Gasteiger charge is -2.27. The Kier molecular flexibility index (Phi) is 9.75. The predicted octanol–water partition coefficient (Wildman–Crippen LogP) is 7.30. The molecule has 0 fully saturated rings. The van der Waals surface area contributed by atoms with E-state index in [-0.39, 0.29) is 17.9 Å². The number of aromatic nitrogens is 2. The van der Waals surface area contributed by atoms with Crippen LogP contribution < -0.4 is 5.73 Å². The molecule has 0 amide bonds. The molecular formula is C31H38FN5. The molecule has 0 saturated heterocycles. The Hall–Kier alpha value is -3.77. The van der Waals surface area contributed by atoms with Crippen LogP contribution in [0.5, 0.6) is 0 Å². The number of H-pyrrole nitrogens is 1. The van der Waals surface area contributed by atoms with Gasteiger partial charge >= 0.3 is 0 Å². The van der Waals surface area contributed by atoms with E-state index >= 15 is 0 Å². The van der Waals surface area contributed by atoms with Crippen LogP contribution >= 0.6 is 0 Å². The second-order valence-corrected chi connectivity index (χ2v) is 8.83. The summed E-state index contributed by atoms with van der Waals surface area (Å²) in [5.41, 5.74) is 13.4. The molecule has 0 saturated carbocycles. The topological polar surface area (TPSA) is 70.3 Å². The van der Waals surface area contributed by atoms with Crippen molar-refractivity contribution in [2.75, 3.05) is 0 Å². The third-order valence-electron chi connectivity index (χ3n) is 6.19. The summed E-state index contributed by atoms with van der Waals surface area (Å²) in [6, 6.07) is 22.9. The van der Waals surface area contributed by atoms with Gasteiger partial charge in [-0.2, -0.15) is 5.10 Å². The number of para-hydroxylation sites is 2. The van der Waals surface area contributed by atoms with Crippen molar-refractivity contribution in [2.45, 2.75) is 59.5 Å². The molecule has 4 aromatic rings. The Labute approximate surface area is 219 Å². The van der Waals surface area contributed by atoms with Crippen molar-refractivity contribution < 1.29 is 4.39 Å². The molecule has 1 aliphatic heterocycles. The number of nitrogens with one attached hydrogen (secondary N) is 1. The van der Waals surface area contributed by atoms with Crippen LogP contribution in [0, 0.1) is 12.7 Å². The highest BCUT2D eigenvalue weighted by atomic mass is 19.1. The minimum atomic E-state index is -0.240. The van der Waals surface area contributed by atoms with Crippen molar-refractivity contribution in [2.24, 2.45) is 10.8 Å². The molecule has 0 radical (unpaired) electrons. The van der Waals surface area contributed by atoms with Gasteiger partial charge in [0.15, 0.2) is 0 Å². The maximum atomic E-state index is 13.3. The average molecular weight is 500 g/mol. The SMILES string of the molecule is C=C(C(C)N)N1N=C(c2ccc(CC)cc2)CC1c1ccc(F)cc1.CC.Cc1nc2ccccc2[nH]1. The maximum absolute atomic E-state index is 13.3. The molecule has 3 N–H and O–H groups in total. The first kappa shape index (κ1) is 27.8. The van der Waals surface area contributed by atoms with E-state index in [9.17, 15) is 4.39 Å². The van der Waals surface area contributed by atoms with Crippen LogP contribution in [0.25, 0.3) is 11.0 Å². The fraction of sp³-hybridized carbons (Fsp3) is 0.290. The lowest BCUT2D eigenvalue weighted by atomic mass is 9.97. The lowest BCUT2D eigenvalue weighted by Crippen LogP contribution is -2.29. The van der Waals surface area contributed by atoms with E-state index < -0.39 is 0 Å². The van der Waals surface area contributed by atoms with Crippen molar-refractivity contribution in [3.05, 3.63) is 113 Å². The Balaban J connectivity index is 0.000000262. The van der Waals surface area contributed by atoms with Gasteiger partial charge in [-0.05, 0) is 61.2 Å². The molecule has 6 heteroatoms. The molecular weight excluding hydrogens is 461 g/mol. The highest BCUT2D eigenvalue weighted by molar-refractivity contribution is 6.02. The van der Waals surface area contributed by atoms with Gasteiger partial charge in [-0.25, -0.2) is 9.37 Å². The van der Waals surface area contributed by atoms with E-state index in [0.717, 1.165) is 52.2 Å². The fourth-order valence-electron chi connectivity index (χ4n) is 4.12. The number of fused-ring (bicyclic) bond motifs is 1. The largest absolute Gasteiger partial charge is 0.342 e. The molecule has 3 aromatic carbocycles. The van der Waals surface area contributed by atoms with Gasteiger partial charge in [-0.3, -0.25) is 5.01 Å². The summed E-state index contributed by atoms with van der Waals surface area (Å²) in [4.78, 5) is 7.40. The normalized spacial score (nSPS) is 15.3. The van der Waals surface area contributed by atoms with Crippen molar-refractivity contribution in [3.8, 4) is 0 Å². The molecule has 2 atom stereocenters. The molecule has 0 aliphatic carbocycles. The molecule has 5 rings (SSSR count). The summed E-state index contributed by atoms with van der Waals surface area (Å²) in [5.74, 6) is 0.733. The Morgan fingerprint density at radius 3 is 2.32 bits per heavy atom. The summed E-state index contributed by atoms with van der Waals surface area (Å²) in [7, 11) is 0. The lowest BCUT2D eigenvalue weighted by molar-refractivity contribution is 0.284. The van der Waals surface area contributed by atoms with Crippen LogP contribution in [-0.4, -0.2) is 26.7 Å². The first-order valence-corrected chi connectivity index (χ1v) is 12.9. The summed E-state index contributed by atoms with van der Waals surface area (Å²) in [5, 5.41) is 6.68. The zero-order chi connectivity index (χ0) is 26.9. The number of halogens is 1. The van der Waals surface area contributed by atoms with Crippen molar-refractivity contribution >= 4 is 16.7 Å². The summed E-state index contributed by atoms with van der Waals surface area (Å²) < 4.78 is 13.3. The number of aryl methyl sites for hydroxylation is 2. The molecule has 0 spiro atoms. The number of benzene rings is 3. The van der Waals surface area contributed by atoms with Crippen LogP contribution in [-0.2, 0) is 6.42 Å². The van der Waals surface area contributed by atoms with Crippen LogP contribution in [0.2, 0.25) is 0 Å². The second-order valence-electron chi connectivity index (χ2n) is 8.83. The number of aromatic amines is 1. The summed E-state index contributed by atoms with van der Waals surface area (Å²) in [6.45, 7) is 14.1. The number of hydrazone groups is 1. The quantitative estimate of drug-likeness (QED) is 0.303. The third kappa shape index (κ3) is 6.92. The van der Waals surface area contributed by atoms with E-state index in [1.54, 1.807) is 12.1 Å². The number of imidazole rings is 1. The molecule has 1 aromatic heterocycles. The summed E-state index contributed by atoms with van der Waals surface area (Å²) >= 11 is 0. The van der Waals surface area contributed by atoms with E-state index in [1.807, 2.05) is 57.0 Å². The molecule has 2 unspecified atom stereocenters. The first-order valence-electron chi connectivity index (χ1n) is 12.9. The minimum absolute atomic E-state index is 0.0139. The highest BCUT2D eigenvalue weighted by Crippen LogP contribution is 2.35. The molecule has 194 valence electrons. The van der Waals surface area contributed by atoms with E-state index in [4.69, 9.17) is 10.8 Å². The highest BCUT2D eigenvalue weighted by Gasteiger charge is 2.31. The van der Waals surface area contributed by atoms with Gasteiger partial charge in [0, 0.05) is 18.2 Å². The molecule has 0 bridgehead atoms.